The van der Waals surface area contributed by atoms with Gasteiger partial charge in [-0.05, 0) is 48.9 Å². The lowest BCUT2D eigenvalue weighted by molar-refractivity contribution is 0.0716. The molecule has 0 saturated carbocycles. The minimum atomic E-state index is -4.25. The van der Waals surface area contributed by atoms with E-state index in [0.717, 1.165) is 22.5 Å². The van der Waals surface area contributed by atoms with Crippen molar-refractivity contribution >= 4 is 33.1 Å². The summed E-state index contributed by atoms with van der Waals surface area (Å²) in [6.07, 6.45) is 0. The molecule has 3 N–H and O–H groups in total. The van der Waals surface area contributed by atoms with E-state index in [0.29, 0.717) is 11.3 Å². The summed E-state index contributed by atoms with van der Waals surface area (Å²) in [7, 11) is -4.25. The Balaban J connectivity index is 2.42. The molecule has 2 rings (SSSR count). The Kier molecular flexibility index (Phi) is 6.91. The SMILES string of the molecule is CC(C)c1cc(C#N)cc(C(C)C)c1NC(=O)NS(=O)(=O)c1scnc1C(C)(C)O. The molecular weight excluding hydrogens is 424 g/mol. The zero-order valence-corrected chi connectivity index (χ0v) is 19.4. The van der Waals surface area contributed by atoms with Crippen LogP contribution < -0.4 is 10.0 Å². The number of nitriles is 1. The van der Waals surface area contributed by atoms with E-state index in [4.69, 9.17) is 0 Å². The van der Waals surface area contributed by atoms with Gasteiger partial charge in [0.2, 0.25) is 0 Å². The standard InChI is InChI=1S/C20H26N4O4S2/c1-11(2)14-7-13(9-21)8-15(12(3)4)16(14)23-19(25)24-30(27,28)18-17(20(5,6)26)22-10-29-18/h7-8,10-12,26H,1-6H3,(H2,23,24,25). The molecule has 0 radical (unpaired) electrons. The van der Waals surface area contributed by atoms with Crippen molar-refractivity contribution in [3.8, 4) is 6.07 Å². The van der Waals surface area contributed by atoms with Gasteiger partial charge >= 0.3 is 6.03 Å². The van der Waals surface area contributed by atoms with Crippen molar-refractivity contribution in [1.82, 2.24) is 9.71 Å². The first-order valence-electron chi connectivity index (χ1n) is 9.36. The summed E-state index contributed by atoms with van der Waals surface area (Å²) in [6.45, 7) is 10.5. The second-order valence-electron chi connectivity index (χ2n) is 8.06. The Bertz CT molecular complexity index is 1060. The summed E-state index contributed by atoms with van der Waals surface area (Å²) in [6, 6.07) is 4.57. The smallest absolute Gasteiger partial charge is 0.333 e. The first-order valence-corrected chi connectivity index (χ1v) is 11.7. The number of aromatic nitrogens is 1. The number of carbonyl (C=O) groups excluding carboxylic acids is 1. The maximum Gasteiger partial charge on any atom is 0.333 e. The molecular formula is C20H26N4O4S2. The van der Waals surface area contributed by atoms with Crippen LogP contribution in [0.3, 0.4) is 0 Å². The van der Waals surface area contributed by atoms with Crippen LogP contribution in [0.2, 0.25) is 0 Å². The van der Waals surface area contributed by atoms with E-state index in [1.54, 1.807) is 12.1 Å². The second kappa shape index (κ2) is 8.71. The number of amides is 2. The van der Waals surface area contributed by atoms with Crippen molar-refractivity contribution in [2.75, 3.05) is 5.32 Å². The second-order valence-corrected chi connectivity index (χ2v) is 10.8. The number of benzene rings is 1. The van der Waals surface area contributed by atoms with Gasteiger partial charge in [0.05, 0.1) is 17.1 Å². The van der Waals surface area contributed by atoms with Gasteiger partial charge < -0.3 is 10.4 Å². The van der Waals surface area contributed by atoms with Gasteiger partial charge in [0.1, 0.15) is 11.3 Å². The highest BCUT2D eigenvalue weighted by Gasteiger charge is 2.32. The number of sulfonamides is 1. The molecule has 0 bridgehead atoms. The molecule has 0 saturated heterocycles. The third-order valence-electron chi connectivity index (χ3n) is 4.40. The van der Waals surface area contributed by atoms with Crippen LogP contribution in [0.25, 0.3) is 0 Å². The summed E-state index contributed by atoms with van der Waals surface area (Å²) >= 11 is 0.815. The van der Waals surface area contributed by atoms with Gasteiger partial charge in [-0.2, -0.15) is 5.26 Å². The van der Waals surface area contributed by atoms with Crippen LogP contribution in [-0.4, -0.2) is 24.5 Å². The Labute approximate surface area is 181 Å². The highest BCUT2D eigenvalue weighted by Crippen LogP contribution is 2.34. The maximum atomic E-state index is 12.7. The van der Waals surface area contributed by atoms with Crippen molar-refractivity contribution in [2.24, 2.45) is 0 Å². The van der Waals surface area contributed by atoms with Crippen LogP contribution in [0, 0.1) is 11.3 Å². The fraction of sp³-hybridized carbons (Fsp3) is 0.450. The number of anilines is 1. The van der Waals surface area contributed by atoms with Crippen LogP contribution >= 0.6 is 11.3 Å². The highest BCUT2D eigenvalue weighted by molar-refractivity contribution is 7.92. The third kappa shape index (κ3) is 5.16. The van der Waals surface area contributed by atoms with E-state index in [9.17, 15) is 23.6 Å². The van der Waals surface area contributed by atoms with E-state index >= 15 is 0 Å². The molecule has 0 spiro atoms. The molecule has 2 amide bonds. The third-order valence-corrected chi connectivity index (χ3v) is 7.10. The average Bonchev–Trinajstić information content (AvgIpc) is 3.12. The zero-order chi connectivity index (χ0) is 22.9. The topological polar surface area (TPSA) is 132 Å². The monoisotopic (exact) mass is 450 g/mol. The number of hydrogen-bond acceptors (Lipinski definition) is 7. The number of nitrogens with one attached hydrogen (secondary N) is 2. The van der Waals surface area contributed by atoms with E-state index in [2.05, 4.69) is 16.4 Å². The summed E-state index contributed by atoms with van der Waals surface area (Å²) in [5.41, 5.74) is 2.22. The van der Waals surface area contributed by atoms with Gasteiger partial charge in [-0.1, -0.05) is 27.7 Å². The van der Waals surface area contributed by atoms with Crippen molar-refractivity contribution in [3.63, 3.8) is 0 Å². The molecule has 10 heteroatoms. The quantitative estimate of drug-likeness (QED) is 0.609. The predicted octanol–water partition coefficient (Wildman–Crippen LogP) is 4.00. The van der Waals surface area contributed by atoms with E-state index in [1.165, 1.54) is 19.4 Å². The predicted molar refractivity (Wildman–Crippen MR) is 116 cm³/mol. The molecule has 0 fully saturated rings. The van der Waals surface area contributed by atoms with Crippen LogP contribution in [0.5, 0.6) is 0 Å². The molecule has 0 aliphatic heterocycles. The number of nitrogens with zero attached hydrogens (tertiary/aromatic N) is 2. The summed E-state index contributed by atoms with van der Waals surface area (Å²) in [4.78, 5) is 16.6. The largest absolute Gasteiger partial charge is 0.384 e. The van der Waals surface area contributed by atoms with Gasteiger partial charge in [-0.15, -0.1) is 11.3 Å². The molecule has 162 valence electrons. The van der Waals surface area contributed by atoms with Crippen molar-refractivity contribution in [3.05, 3.63) is 40.0 Å². The molecule has 0 aliphatic carbocycles. The van der Waals surface area contributed by atoms with E-state index in [-0.39, 0.29) is 21.7 Å². The lowest BCUT2D eigenvalue weighted by Gasteiger charge is -2.21. The van der Waals surface area contributed by atoms with Crippen LogP contribution in [-0.2, 0) is 15.6 Å². The van der Waals surface area contributed by atoms with Gasteiger partial charge in [0.15, 0.2) is 4.21 Å². The van der Waals surface area contributed by atoms with Gasteiger partial charge in [0, 0.05) is 5.69 Å². The Morgan fingerprint density at radius 2 is 1.73 bits per heavy atom. The molecule has 1 heterocycles. The highest BCUT2D eigenvalue weighted by atomic mass is 32.2. The Morgan fingerprint density at radius 3 is 2.17 bits per heavy atom. The summed E-state index contributed by atoms with van der Waals surface area (Å²) < 4.78 is 27.3. The van der Waals surface area contributed by atoms with Crippen molar-refractivity contribution in [2.45, 2.75) is 63.2 Å². The maximum absolute atomic E-state index is 12.7. The van der Waals surface area contributed by atoms with Crippen LogP contribution in [0.4, 0.5) is 10.5 Å². The lowest BCUT2D eigenvalue weighted by Crippen LogP contribution is -2.36. The molecule has 8 nitrogen and oxygen atoms in total. The number of carbonyl (C=O) groups is 1. The number of urea groups is 1. The first-order chi connectivity index (χ1) is 13.8. The fourth-order valence-corrected chi connectivity index (χ4v) is 5.32. The summed E-state index contributed by atoms with van der Waals surface area (Å²) in [5.74, 6) is -0.0167. The molecule has 30 heavy (non-hydrogen) atoms. The van der Waals surface area contributed by atoms with Crippen LogP contribution in [0.1, 0.15) is 75.8 Å². The lowest BCUT2D eigenvalue weighted by atomic mass is 9.90. The normalized spacial score (nSPS) is 12.1. The Morgan fingerprint density at radius 1 is 1.20 bits per heavy atom. The zero-order valence-electron chi connectivity index (χ0n) is 17.8. The average molecular weight is 451 g/mol. The Hall–Kier alpha value is -2.48. The van der Waals surface area contributed by atoms with Gasteiger partial charge in [-0.25, -0.2) is 22.9 Å². The van der Waals surface area contributed by atoms with Gasteiger partial charge in [0.25, 0.3) is 10.0 Å². The molecule has 0 unspecified atom stereocenters. The van der Waals surface area contributed by atoms with E-state index < -0.39 is 21.7 Å². The summed E-state index contributed by atoms with van der Waals surface area (Å²) in [5, 5.41) is 22.1. The molecule has 2 aromatic rings. The van der Waals surface area contributed by atoms with Crippen molar-refractivity contribution in [1.29, 1.82) is 5.26 Å². The molecule has 0 aliphatic rings. The minimum Gasteiger partial charge on any atom is -0.384 e. The van der Waals surface area contributed by atoms with E-state index in [1.807, 2.05) is 32.4 Å². The number of thiazole rings is 1. The molecule has 1 aromatic carbocycles. The fourth-order valence-electron chi connectivity index (χ4n) is 2.95. The molecule has 1 aromatic heterocycles. The van der Waals surface area contributed by atoms with Crippen molar-refractivity contribution < 1.29 is 18.3 Å². The molecule has 0 atom stereocenters. The minimum absolute atomic E-state index is 0.00834. The first kappa shape index (κ1) is 23.8. The number of rotatable bonds is 6. The number of hydrogen-bond donors (Lipinski definition) is 3. The van der Waals surface area contributed by atoms with Crippen LogP contribution in [0.15, 0.2) is 21.9 Å². The van der Waals surface area contributed by atoms with Gasteiger partial charge in [-0.3, -0.25) is 0 Å². The number of aliphatic hydroxyl groups is 1.